The summed E-state index contributed by atoms with van der Waals surface area (Å²) in [4.78, 5) is 3.98. The van der Waals surface area contributed by atoms with Crippen LogP contribution in [0, 0.1) is 7.27 Å². The zero-order chi connectivity index (χ0) is 9.30. The largest absolute Gasteiger partial charge is 0.265 e. The molecule has 0 saturated heterocycles. The van der Waals surface area contributed by atoms with Crippen LogP contribution in [-0.2, 0) is 0 Å². The lowest BCUT2D eigenvalue weighted by atomic mass is 10.3. The fourth-order valence-corrected chi connectivity index (χ4v) is 2.48. The minimum atomic E-state index is -2.44. The van der Waals surface area contributed by atoms with Crippen molar-refractivity contribution in [2.45, 2.75) is 6.43 Å². The smallest absolute Gasteiger partial charge is 0.234 e. The van der Waals surface area contributed by atoms with Gasteiger partial charge in [0.25, 0.3) is 6.43 Å². The molecule has 12 heavy (non-hydrogen) atoms. The molecule has 0 saturated carbocycles. The van der Waals surface area contributed by atoms with Crippen molar-refractivity contribution in [2.24, 2.45) is 0 Å². The van der Waals surface area contributed by atoms with Crippen LogP contribution in [0.15, 0.2) is 10.7 Å². The lowest BCUT2D eigenvalue weighted by molar-refractivity contribution is 0.150. The lowest BCUT2D eigenvalue weighted by Crippen LogP contribution is -1.95. The molecule has 0 aliphatic carbocycles. The molecular formula is C6H2BrF2I2N. The molecule has 0 amide bonds. The van der Waals surface area contributed by atoms with Gasteiger partial charge in [0.15, 0.2) is 0 Å². The summed E-state index contributed by atoms with van der Waals surface area (Å²) in [6, 6.07) is 1.39. The number of hydrogen-bond donors (Lipinski definition) is 0. The highest BCUT2D eigenvalue weighted by Crippen LogP contribution is 2.29. The Balaban J connectivity index is 3.28. The van der Waals surface area contributed by atoms with E-state index < -0.39 is 6.43 Å². The Hall–Kier alpha value is 0.950. The van der Waals surface area contributed by atoms with Gasteiger partial charge in [-0.3, -0.25) is 0 Å². The zero-order valence-electron chi connectivity index (χ0n) is 5.49. The Labute approximate surface area is 104 Å². The minimum absolute atomic E-state index is 0.0295. The van der Waals surface area contributed by atoms with Crippen LogP contribution >= 0.6 is 61.1 Å². The summed E-state index contributed by atoms with van der Waals surface area (Å²) in [5, 5.41) is 0. The number of hydrogen-bond acceptors (Lipinski definition) is 1. The van der Waals surface area contributed by atoms with Crippen LogP contribution < -0.4 is 0 Å². The molecule has 0 unspecified atom stereocenters. The number of rotatable bonds is 1. The molecule has 6 heteroatoms. The maximum Gasteiger partial charge on any atom is 0.265 e. The molecule has 0 fully saturated rings. The first-order chi connectivity index (χ1) is 5.52. The standard InChI is InChI=1S/C6H2BrF2I2N/c7-5-4(11)2(6(8)9)1-3(10)12-5/h1,6H. The van der Waals surface area contributed by atoms with Crippen LogP contribution in [0.5, 0.6) is 0 Å². The zero-order valence-corrected chi connectivity index (χ0v) is 11.4. The average molecular weight is 460 g/mol. The van der Waals surface area contributed by atoms with E-state index in [1.165, 1.54) is 6.07 Å². The van der Waals surface area contributed by atoms with Gasteiger partial charge in [0.1, 0.15) is 8.30 Å². The molecule has 0 aliphatic heterocycles. The molecule has 66 valence electrons. The van der Waals surface area contributed by atoms with E-state index in [0.717, 1.165) is 0 Å². The summed E-state index contributed by atoms with van der Waals surface area (Å²) < 4.78 is 26.2. The van der Waals surface area contributed by atoms with Crippen LogP contribution in [0.3, 0.4) is 0 Å². The van der Waals surface area contributed by atoms with Crippen molar-refractivity contribution in [3.8, 4) is 0 Å². The average Bonchev–Trinajstić information content (AvgIpc) is 1.96. The number of halogens is 5. The van der Waals surface area contributed by atoms with E-state index in [-0.39, 0.29) is 5.56 Å². The van der Waals surface area contributed by atoms with E-state index in [2.05, 4.69) is 20.9 Å². The van der Waals surface area contributed by atoms with Crippen LogP contribution in [0.2, 0.25) is 0 Å². The van der Waals surface area contributed by atoms with Crippen molar-refractivity contribution in [3.05, 3.63) is 23.5 Å². The third-order valence-electron chi connectivity index (χ3n) is 1.15. The van der Waals surface area contributed by atoms with E-state index in [1.54, 1.807) is 0 Å². The maximum absolute atomic E-state index is 12.3. The highest BCUT2D eigenvalue weighted by Gasteiger charge is 2.15. The van der Waals surface area contributed by atoms with E-state index in [1.807, 2.05) is 45.2 Å². The van der Waals surface area contributed by atoms with Crippen molar-refractivity contribution >= 4 is 61.1 Å². The van der Waals surface area contributed by atoms with Crippen molar-refractivity contribution < 1.29 is 8.78 Å². The van der Waals surface area contributed by atoms with Crippen molar-refractivity contribution in [1.29, 1.82) is 0 Å². The Morgan fingerprint density at radius 1 is 1.42 bits per heavy atom. The summed E-state index contributed by atoms with van der Waals surface area (Å²) >= 11 is 6.86. The van der Waals surface area contributed by atoms with Gasteiger partial charge < -0.3 is 0 Å². The van der Waals surface area contributed by atoms with Crippen molar-refractivity contribution in [3.63, 3.8) is 0 Å². The summed E-state index contributed by atoms with van der Waals surface area (Å²) in [6.07, 6.45) is -2.44. The Bertz CT molecular complexity index is 306. The molecule has 1 heterocycles. The number of aromatic nitrogens is 1. The number of nitrogens with zero attached hydrogens (tertiary/aromatic N) is 1. The molecule has 1 nitrogen and oxygen atoms in total. The monoisotopic (exact) mass is 459 g/mol. The maximum atomic E-state index is 12.3. The molecule has 0 bridgehead atoms. The molecule has 1 aromatic heterocycles. The summed E-state index contributed by atoms with van der Waals surface area (Å²) in [6.45, 7) is 0. The van der Waals surface area contributed by atoms with Gasteiger partial charge in [-0.15, -0.1) is 0 Å². The Kier molecular flexibility index (Phi) is 4.09. The molecule has 0 spiro atoms. The van der Waals surface area contributed by atoms with Gasteiger partial charge in [-0.05, 0) is 67.2 Å². The van der Waals surface area contributed by atoms with Crippen LogP contribution in [-0.4, -0.2) is 4.98 Å². The Morgan fingerprint density at radius 2 is 2.00 bits per heavy atom. The normalized spacial score (nSPS) is 10.8. The minimum Gasteiger partial charge on any atom is -0.234 e. The van der Waals surface area contributed by atoms with Crippen LogP contribution in [0.4, 0.5) is 8.78 Å². The highest BCUT2D eigenvalue weighted by atomic mass is 127. The van der Waals surface area contributed by atoms with Gasteiger partial charge in [0.05, 0.1) is 3.57 Å². The fourth-order valence-electron chi connectivity index (χ4n) is 0.645. The van der Waals surface area contributed by atoms with E-state index >= 15 is 0 Å². The first-order valence-corrected chi connectivity index (χ1v) is 5.77. The van der Waals surface area contributed by atoms with Gasteiger partial charge in [0, 0.05) is 5.56 Å². The third kappa shape index (κ3) is 2.47. The van der Waals surface area contributed by atoms with Crippen LogP contribution in [0.1, 0.15) is 12.0 Å². The molecule has 0 aliphatic rings. The third-order valence-corrected chi connectivity index (χ3v) is 4.15. The molecule has 0 radical (unpaired) electrons. The molecule has 0 N–H and O–H groups in total. The highest BCUT2D eigenvalue weighted by molar-refractivity contribution is 14.1. The molecule has 1 rings (SSSR count). The van der Waals surface area contributed by atoms with E-state index in [9.17, 15) is 8.78 Å². The van der Waals surface area contributed by atoms with Gasteiger partial charge in [-0.1, -0.05) is 0 Å². The van der Waals surface area contributed by atoms with E-state index in [0.29, 0.717) is 11.9 Å². The summed E-state index contributed by atoms with van der Waals surface area (Å²) in [5.74, 6) is 0. The van der Waals surface area contributed by atoms with E-state index in [4.69, 9.17) is 0 Å². The molecular weight excluding hydrogens is 458 g/mol. The van der Waals surface area contributed by atoms with Crippen molar-refractivity contribution in [2.75, 3.05) is 0 Å². The van der Waals surface area contributed by atoms with Gasteiger partial charge in [-0.25, -0.2) is 13.8 Å². The van der Waals surface area contributed by atoms with Crippen molar-refractivity contribution in [1.82, 2.24) is 4.98 Å². The molecule has 1 aromatic rings. The first-order valence-electron chi connectivity index (χ1n) is 2.82. The number of pyridine rings is 1. The predicted molar refractivity (Wildman–Crippen MR) is 62.3 cm³/mol. The SMILES string of the molecule is FC(F)c1cc(I)nc(Br)c1I. The second-order valence-electron chi connectivity index (χ2n) is 1.94. The second kappa shape index (κ2) is 4.45. The lowest BCUT2D eigenvalue weighted by Gasteiger charge is -2.04. The summed E-state index contributed by atoms with van der Waals surface area (Å²) in [5.41, 5.74) is 0.0295. The topological polar surface area (TPSA) is 12.9 Å². The predicted octanol–water partition coefficient (Wildman–Crippen LogP) is 3.99. The summed E-state index contributed by atoms with van der Waals surface area (Å²) in [7, 11) is 0. The van der Waals surface area contributed by atoms with Gasteiger partial charge in [-0.2, -0.15) is 0 Å². The van der Waals surface area contributed by atoms with Gasteiger partial charge >= 0.3 is 0 Å². The second-order valence-corrected chi connectivity index (χ2v) is 4.87. The Morgan fingerprint density at radius 3 is 2.50 bits per heavy atom. The van der Waals surface area contributed by atoms with Crippen LogP contribution in [0.25, 0.3) is 0 Å². The quantitative estimate of drug-likeness (QED) is 0.457. The molecule has 0 aromatic carbocycles. The van der Waals surface area contributed by atoms with Gasteiger partial charge in [0.2, 0.25) is 0 Å². The number of alkyl halides is 2. The molecule has 0 atom stereocenters. The first kappa shape index (κ1) is 11.0. The fraction of sp³-hybridized carbons (Fsp3) is 0.167.